The Morgan fingerprint density at radius 3 is 2.50 bits per heavy atom. The van der Waals surface area contributed by atoms with E-state index in [0.29, 0.717) is 37.4 Å². The summed E-state index contributed by atoms with van der Waals surface area (Å²) in [6, 6.07) is 13.2. The molecule has 1 fully saturated rings. The number of benzene rings is 1. The first-order valence-electron chi connectivity index (χ1n) is 8.59. The van der Waals surface area contributed by atoms with Gasteiger partial charge in [0, 0.05) is 31.4 Å². The maximum atomic E-state index is 12.8. The molecule has 3 rings (SSSR count). The summed E-state index contributed by atoms with van der Waals surface area (Å²) in [7, 11) is 0. The quantitative estimate of drug-likeness (QED) is 0.796. The van der Waals surface area contributed by atoms with Gasteiger partial charge < -0.3 is 4.90 Å². The van der Waals surface area contributed by atoms with Gasteiger partial charge in [0.1, 0.15) is 5.82 Å². The van der Waals surface area contributed by atoms with Crippen molar-refractivity contribution < 1.29 is 4.79 Å². The van der Waals surface area contributed by atoms with Gasteiger partial charge in [-0.15, -0.1) is 0 Å². The summed E-state index contributed by atoms with van der Waals surface area (Å²) in [6.07, 6.45) is 4.55. The van der Waals surface area contributed by atoms with Crippen molar-refractivity contribution in [2.24, 2.45) is 5.92 Å². The molecule has 1 aliphatic rings. The second-order valence-electron chi connectivity index (χ2n) is 6.21. The highest BCUT2D eigenvalue weighted by molar-refractivity contribution is 5.94. The highest BCUT2D eigenvalue weighted by Crippen LogP contribution is 2.24. The maximum Gasteiger partial charge on any atom is 0.233 e. The molecule has 1 unspecified atom stereocenters. The van der Waals surface area contributed by atoms with Crippen LogP contribution < -0.4 is 4.90 Å². The topological polar surface area (TPSA) is 84.0 Å². The van der Waals surface area contributed by atoms with Crippen LogP contribution in [0.15, 0.2) is 42.6 Å². The van der Waals surface area contributed by atoms with Crippen molar-refractivity contribution in [3.05, 3.63) is 48.2 Å². The molecule has 0 radical (unpaired) electrons. The lowest BCUT2D eigenvalue weighted by molar-refractivity contribution is -0.121. The van der Waals surface area contributed by atoms with Gasteiger partial charge >= 0.3 is 0 Å². The molecular weight excluding hydrogens is 326 g/mol. The van der Waals surface area contributed by atoms with Crippen LogP contribution in [-0.4, -0.2) is 35.4 Å². The molecule has 0 saturated carbocycles. The van der Waals surface area contributed by atoms with E-state index in [9.17, 15) is 4.79 Å². The Balaban J connectivity index is 1.76. The lowest BCUT2D eigenvalue weighted by atomic mass is 10.1. The van der Waals surface area contributed by atoms with Crippen LogP contribution in [0.2, 0.25) is 0 Å². The van der Waals surface area contributed by atoms with Crippen LogP contribution >= 0.6 is 0 Å². The molecule has 6 heteroatoms. The number of hydrogen-bond donors (Lipinski definition) is 0. The maximum absolute atomic E-state index is 12.8. The van der Waals surface area contributed by atoms with Crippen molar-refractivity contribution in [1.82, 2.24) is 9.88 Å². The Morgan fingerprint density at radius 1 is 1.23 bits per heavy atom. The van der Waals surface area contributed by atoms with E-state index in [0.717, 1.165) is 11.1 Å². The van der Waals surface area contributed by atoms with Crippen LogP contribution in [0.5, 0.6) is 0 Å². The Hall–Kier alpha value is -3.38. The van der Waals surface area contributed by atoms with Crippen LogP contribution in [0.1, 0.15) is 18.9 Å². The van der Waals surface area contributed by atoms with Crippen LogP contribution in [-0.2, 0) is 4.79 Å². The molecule has 0 bridgehead atoms. The summed E-state index contributed by atoms with van der Waals surface area (Å²) < 4.78 is 0. The molecule has 1 aliphatic heterocycles. The van der Waals surface area contributed by atoms with Crippen molar-refractivity contribution in [3.63, 3.8) is 0 Å². The smallest absolute Gasteiger partial charge is 0.233 e. The number of rotatable bonds is 4. The number of carbonyl (C=O) groups excluding carboxylic acids is 1. The first-order chi connectivity index (χ1) is 12.7. The molecule has 26 heavy (non-hydrogen) atoms. The molecule has 1 aromatic heterocycles. The highest BCUT2D eigenvalue weighted by atomic mass is 16.2. The van der Waals surface area contributed by atoms with Gasteiger partial charge in [0.15, 0.2) is 6.19 Å². The van der Waals surface area contributed by atoms with Gasteiger partial charge in [0.2, 0.25) is 5.91 Å². The molecule has 0 spiro atoms. The first-order valence-corrected chi connectivity index (χ1v) is 8.59. The zero-order valence-electron chi connectivity index (χ0n) is 14.6. The summed E-state index contributed by atoms with van der Waals surface area (Å²) in [5.74, 6) is 0.476. The number of carbonyl (C=O) groups is 1. The monoisotopic (exact) mass is 345 g/mol. The average Bonchev–Trinajstić information content (AvgIpc) is 3.18. The fraction of sp³-hybridized carbons (Fsp3) is 0.300. The lowest BCUT2D eigenvalue weighted by Gasteiger charge is -2.23. The Bertz CT molecular complexity index is 861. The van der Waals surface area contributed by atoms with Crippen molar-refractivity contribution >= 4 is 11.7 Å². The van der Waals surface area contributed by atoms with Gasteiger partial charge in [-0.3, -0.25) is 9.69 Å². The van der Waals surface area contributed by atoms with Crippen LogP contribution in [0.4, 0.5) is 5.82 Å². The van der Waals surface area contributed by atoms with E-state index in [-0.39, 0.29) is 11.8 Å². The molecule has 6 nitrogen and oxygen atoms in total. The molecule has 1 aromatic carbocycles. The van der Waals surface area contributed by atoms with Gasteiger partial charge in [-0.25, -0.2) is 4.98 Å². The third kappa shape index (κ3) is 3.50. The molecule has 1 saturated heterocycles. The summed E-state index contributed by atoms with van der Waals surface area (Å²) in [5, 5.41) is 17.8. The van der Waals surface area contributed by atoms with Gasteiger partial charge in [-0.05, 0) is 43.2 Å². The van der Waals surface area contributed by atoms with E-state index >= 15 is 0 Å². The molecule has 1 amide bonds. The SMILES string of the molecule is CCN(C(=O)C1CCN(C#N)C1)c1ccc(-c2ccc(C#N)cc2)cn1. The minimum absolute atomic E-state index is 0.0175. The second-order valence-corrected chi connectivity index (χ2v) is 6.21. The van der Waals surface area contributed by atoms with Crippen molar-refractivity contribution in [2.75, 3.05) is 24.5 Å². The number of likely N-dealkylation sites (tertiary alicyclic amines) is 1. The van der Waals surface area contributed by atoms with E-state index in [1.165, 1.54) is 0 Å². The number of pyridine rings is 1. The van der Waals surface area contributed by atoms with Crippen molar-refractivity contribution in [3.8, 4) is 23.4 Å². The third-order valence-electron chi connectivity index (χ3n) is 4.63. The molecule has 130 valence electrons. The number of nitriles is 2. The van der Waals surface area contributed by atoms with E-state index in [2.05, 4.69) is 17.2 Å². The van der Waals surface area contributed by atoms with Crippen molar-refractivity contribution in [2.45, 2.75) is 13.3 Å². The number of anilines is 1. The van der Waals surface area contributed by atoms with Crippen molar-refractivity contribution in [1.29, 1.82) is 10.5 Å². The summed E-state index contributed by atoms with van der Waals surface area (Å²) in [5.41, 5.74) is 2.51. The number of aromatic nitrogens is 1. The normalized spacial score (nSPS) is 16.0. The zero-order chi connectivity index (χ0) is 18.5. The predicted molar refractivity (Wildman–Crippen MR) is 97.7 cm³/mol. The van der Waals surface area contributed by atoms with E-state index in [1.54, 1.807) is 28.1 Å². The first kappa shape index (κ1) is 17.4. The Kier molecular flexibility index (Phi) is 5.15. The van der Waals surface area contributed by atoms with E-state index < -0.39 is 0 Å². The lowest BCUT2D eigenvalue weighted by Crippen LogP contribution is -2.37. The van der Waals surface area contributed by atoms with Crippen LogP contribution in [0, 0.1) is 28.7 Å². The minimum Gasteiger partial charge on any atom is -0.310 e. The van der Waals surface area contributed by atoms with Gasteiger partial charge in [0.05, 0.1) is 17.6 Å². The summed E-state index contributed by atoms with van der Waals surface area (Å²) in [4.78, 5) is 20.5. The molecule has 1 atom stereocenters. The van der Waals surface area contributed by atoms with Gasteiger partial charge in [-0.1, -0.05) is 12.1 Å². The molecule has 0 aliphatic carbocycles. The van der Waals surface area contributed by atoms with Gasteiger partial charge in [0.25, 0.3) is 0 Å². The Morgan fingerprint density at radius 2 is 1.96 bits per heavy atom. The van der Waals surface area contributed by atoms with Gasteiger partial charge in [-0.2, -0.15) is 10.5 Å². The van der Waals surface area contributed by atoms with Crippen LogP contribution in [0.3, 0.4) is 0 Å². The van der Waals surface area contributed by atoms with Crippen LogP contribution in [0.25, 0.3) is 11.1 Å². The standard InChI is InChI=1S/C20H19N5O/c1-2-25(20(26)18-9-10-24(13-18)14-22)19-8-7-17(12-23-19)16-5-3-15(11-21)4-6-16/h3-8,12,18H,2,9-10,13H2,1H3. The molecular formula is C20H19N5O. The predicted octanol–water partition coefficient (Wildman–Crippen LogP) is 2.78. The van der Waals surface area contributed by atoms with E-state index in [1.807, 2.05) is 31.2 Å². The zero-order valence-corrected chi connectivity index (χ0v) is 14.6. The fourth-order valence-corrected chi connectivity index (χ4v) is 3.16. The number of amides is 1. The third-order valence-corrected chi connectivity index (χ3v) is 4.63. The number of hydrogen-bond acceptors (Lipinski definition) is 5. The second kappa shape index (κ2) is 7.67. The molecule has 0 N–H and O–H groups in total. The Labute approximate surface area is 152 Å². The largest absolute Gasteiger partial charge is 0.310 e. The summed E-state index contributed by atoms with van der Waals surface area (Å²) in [6.45, 7) is 3.57. The molecule has 2 heterocycles. The highest BCUT2D eigenvalue weighted by Gasteiger charge is 2.31. The molecule has 2 aromatic rings. The fourth-order valence-electron chi connectivity index (χ4n) is 3.16. The summed E-state index contributed by atoms with van der Waals surface area (Å²) >= 11 is 0. The average molecular weight is 345 g/mol. The number of nitrogens with zero attached hydrogens (tertiary/aromatic N) is 5. The minimum atomic E-state index is -0.158. The van der Waals surface area contributed by atoms with E-state index in [4.69, 9.17) is 10.5 Å².